The van der Waals surface area contributed by atoms with Gasteiger partial charge in [0.05, 0.1) is 12.4 Å². The van der Waals surface area contributed by atoms with Crippen LogP contribution in [0.1, 0.15) is 12.0 Å². The molecule has 0 aliphatic carbocycles. The molecular weight excluding hydrogens is 250 g/mol. The third-order valence-electron chi connectivity index (χ3n) is 2.32. The summed E-state index contributed by atoms with van der Waals surface area (Å²) in [5, 5.41) is 11.7. The Bertz CT molecular complexity index is 354. The van der Waals surface area contributed by atoms with Gasteiger partial charge in [0, 0.05) is 25.2 Å². The second-order valence-corrected chi connectivity index (χ2v) is 4.84. The topological polar surface area (TPSA) is 58.6 Å². The molecule has 0 fully saturated rings. The van der Waals surface area contributed by atoms with Crippen LogP contribution < -0.4 is 5.32 Å². The van der Waals surface area contributed by atoms with E-state index in [0.29, 0.717) is 18.9 Å². The summed E-state index contributed by atoms with van der Waals surface area (Å²) < 4.78 is 4.90. The number of rotatable bonds is 8. The lowest BCUT2D eigenvalue weighted by atomic mass is 10.2. The predicted molar refractivity (Wildman–Crippen MR) is 72.6 cm³/mol. The van der Waals surface area contributed by atoms with Gasteiger partial charge in [-0.2, -0.15) is 0 Å². The van der Waals surface area contributed by atoms with Crippen LogP contribution in [0.5, 0.6) is 0 Å². The Labute approximate surface area is 112 Å². The summed E-state index contributed by atoms with van der Waals surface area (Å²) in [5.41, 5.74) is 0.878. The molecule has 0 heterocycles. The van der Waals surface area contributed by atoms with Crippen LogP contribution in [0.4, 0.5) is 0 Å². The van der Waals surface area contributed by atoms with Gasteiger partial charge >= 0.3 is 0 Å². The molecule has 1 amide bonds. The van der Waals surface area contributed by atoms with Crippen molar-refractivity contribution in [2.75, 3.05) is 26.0 Å². The average molecular weight is 269 g/mol. The highest BCUT2D eigenvalue weighted by atomic mass is 32.2. The van der Waals surface area contributed by atoms with Crippen molar-refractivity contribution in [3.05, 3.63) is 29.8 Å². The van der Waals surface area contributed by atoms with Gasteiger partial charge in [-0.05, 0) is 24.1 Å². The number of thioether (sulfide) groups is 1. The minimum atomic E-state index is 0.0299. The minimum absolute atomic E-state index is 0.0299. The third-order valence-corrected chi connectivity index (χ3v) is 3.34. The zero-order valence-corrected chi connectivity index (χ0v) is 11.3. The fraction of sp³-hybridized carbons (Fsp3) is 0.462. The maximum absolute atomic E-state index is 11.5. The fourth-order valence-corrected chi connectivity index (χ4v) is 2.06. The van der Waals surface area contributed by atoms with Crippen molar-refractivity contribution in [1.29, 1.82) is 0 Å². The first-order chi connectivity index (χ1) is 8.76. The van der Waals surface area contributed by atoms with Crippen LogP contribution in [0.3, 0.4) is 0 Å². The number of aliphatic hydroxyl groups excluding tert-OH is 1. The molecule has 0 aliphatic rings. The first-order valence-corrected chi connectivity index (χ1v) is 6.83. The van der Waals surface area contributed by atoms with E-state index in [4.69, 9.17) is 9.84 Å². The van der Waals surface area contributed by atoms with Gasteiger partial charge in [-0.1, -0.05) is 12.1 Å². The number of methoxy groups -OCH3 is 1. The second kappa shape index (κ2) is 8.97. The number of ether oxygens (including phenoxy) is 1. The van der Waals surface area contributed by atoms with Gasteiger partial charge in [0.2, 0.25) is 5.91 Å². The Morgan fingerprint density at radius 3 is 2.72 bits per heavy atom. The number of amides is 1. The first-order valence-electron chi connectivity index (χ1n) is 5.84. The molecule has 0 aromatic heterocycles. The molecule has 1 rings (SSSR count). The largest absolute Gasteiger partial charge is 0.392 e. The Kier molecular flexibility index (Phi) is 7.48. The van der Waals surface area contributed by atoms with Gasteiger partial charge in [0.25, 0.3) is 0 Å². The second-order valence-electron chi connectivity index (χ2n) is 3.79. The van der Waals surface area contributed by atoms with Gasteiger partial charge in [-0.15, -0.1) is 11.8 Å². The molecule has 0 saturated heterocycles. The summed E-state index contributed by atoms with van der Waals surface area (Å²) in [6, 6.07) is 7.54. The van der Waals surface area contributed by atoms with Crippen molar-refractivity contribution in [2.45, 2.75) is 17.9 Å². The number of aliphatic hydroxyl groups is 1. The van der Waals surface area contributed by atoms with E-state index in [2.05, 4.69) is 5.32 Å². The van der Waals surface area contributed by atoms with Gasteiger partial charge in [0.1, 0.15) is 0 Å². The van der Waals surface area contributed by atoms with Crippen molar-refractivity contribution in [2.24, 2.45) is 0 Å². The third kappa shape index (κ3) is 6.05. The molecule has 0 radical (unpaired) electrons. The molecule has 0 unspecified atom stereocenters. The summed E-state index contributed by atoms with van der Waals surface area (Å²) in [4.78, 5) is 12.5. The molecule has 5 heteroatoms. The summed E-state index contributed by atoms with van der Waals surface area (Å²) in [5.74, 6) is 0.438. The monoisotopic (exact) mass is 269 g/mol. The Morgan fingerprint density at radius 1 is 1.39 bits per heavy atom. The van der Waals surface area contributed by atoms with Crippen LogP contribution in [0, 0.1) is 0 Å². The number of hydrogen-bond acceptors (Lipinski definition) is 4. The van der Waals surface area contributed by atoms with E-state index in [1.807, 2.05) is 24.3 Å². The Balaban J connectivity index is 2.20. The standard InChI is InChI=1S/C13H19NO3S/c1-17-8-2-7-14-13(16)10-18-12-5-3-11(9-15)4-6-12/h3-6,15H,2,7-10H2,1H3,(H,14,16). The van der Waals surface area contributed by atoms with Crippen LogP contribution in [0.25, 0.3) is 0 Å². The normalized spacial score (nSPS) is 10.3. The molecule has 0 atom stereocenters. The van der Waals surface area contributed by atoms with E-state index in [1.165, 1.54) is 11.8 Å². The predicted octanol–water partition coefficient (Wildman–Crippen LogP) is 1.42. The van der Waals surface area contributed by atoms with E-state index in [0.717, 1.165) is 16.9 Å². The Morgan fingerprint density at radius 2 is 2.11 bits per heavy atom. The number of carbonyl (C=O) groups excluding carboxylic acids is 1. The van der Waals surface area contributed by atoms with Gasteiger partial charge < -0.3 is 15.2 Å². The van der Waals surface area contributed by atoms with E-state index in [1.54, 1.807) is 7.11 Å². The van der Waals surface area contributed by atoms with Crippen LogP contribution in [0.2, 0.25) is 0 Å². The van der Waals surface area contributed by atoms with E-state index >= 15 is 0 Å². The SMILES string of the molecule is COCCCNC(=O)CSc1ccc(CO)cc1. The summed E-state index contributed by atoms with van der Waals surface area (Å²) in [6.07, 6.45) is 0.831. The van der Waals surface area contributed by atoms with Crippen LogP contribution in [0.15, 0.2) is 29.2 Å². The zero-order valence-electron chi connectivity index (χ0n) is 10.5. The quantitative estimate of drug-likeness (QED) is 0.553. The van der Waals surface area contributed by atoms with Gasteiger partial charge in [-0.3, -0.25) is 4.79 Å². The average Bonchev–Trinajstić information content (AvgIpc) is 2.42. The minimum Gasteiger partial charge on any atom is -0.392 e. The van der Waals surface area contributed by atoms with Crippen LogP contribution in [-0.4, -0.2) is 37.0 Å². The number of benzene rings is 1. The number of nitrogens with one attached hydrogen (secondary N) is 1. The van der Waals surface area contributed by atoms with E-state index < -0.39 is 0 Å². The zero-order chi connectivity index (χ0) is 13.2. The molecule has 2 N–H and O–H groups in total. The first kappa shape index (κ1) is 15.0. The molecule has 4 nitrogen and oxygen atoms in total. The van der Waals surface area contributed by atoms with Gasteiger partial charge in [-0.25, -0.2) is 0 Å². The Hall–Kier alpha value is -1.04. The highest BCUT2D eigenvalue weighted by molar-refractivity contribution is 8.00. The van der Waals surface area contributed by atoms with E-state index in [-0.39, 0.29) is 12.5 Å². The molecule has 100 valence electrons. The molecule has 0 spiro atoms. The molecule has 1 aromatic carbocycles. The number of hydrogen-bond donors (Lipinski definition) is 2. The lowest BCUT2D eigenvalue weighted by Gasteiger charge is -2.05. The smallest absolute Gasteiger partial charge is 0.230 e. The molecular formula is C13H19NO3S. The lowest BCUT2D eigenvalue weighted by molar-refractivity contribution is -0.118. The van der Waals surface area contributed by atoms with Crippen LogP contribution in [-0.2, 0) is 16.1 Å². The van der Waals surface area contributed by atoms with Crippen molar-refractivity contribution >= 4 is 17.7 Å². The van der Waals surface area contributed by atoms with E-state index in [9.17, 15) is 4.79 Å². The van der Waals surface area contributed by atoms with Crippen molar-refractivity contribution < 1.29 is 14.6 Å². The number of carbonyl (C=O) groups is 1. The maximum Gasteiger partial charge on any atom is 0.230 e. The van der Waals surface area contributed by atoms with Crippen LogP contribution >= 0.6 is 11.8 Å². The summed E-state index contributed by atoms with van der Waals surface area (Å²) >= 11 is 1.49. The lowest BCUT2D eigenvalue weighted by Crippen LogP contribution is -2.26. The molecule has 1 aromatic rings. The molecule has 0 aliphatic heterocycles. The fourth-order valence-electron chi connectivity index (χ4n) is 1.34. The maximum atomic E-state index is 11.5. The highest BCUT2D eigenvalue weighted by Gasteiger charge is 2.02. The molecule has 18 heavy (non-hydrogen) atoms. The van der Waals surface area contributed by atoms with Crippen molar-refractivity contribution in [3.63, 3.8) is 0 Å². The summed E-state index contributed by atoms with van der Waals surface area (Å²) in [7, 11) is 1.65. The summed E-state index contributed by atoms with van der Waals surface area (Å²) in [6.45, 7) is 1.36. The molecule has 0 saturated carbocycles. The highest BCUT2D eigenvalue weighted by Crippen LogP contribution is 2.17. The van der Waals surface area contributed by atoms with Crippen molar-refractivity contribution in [3.8, 4) is 0 Å². The molecule has 0 bridgehead atoms. The van der Waals surface area contributed by atoms with Crippen molar-refractivity contribution in [1.82, 2.24) is 5.32 Å². The van der Waals surface area contributed by atoms with Gasteiger partial charge in [0.15, 0.2) is 0 Å².